The Morgan fingerprint density at radius 2 is 1.62 bits per heavy atom. The summed E-state index contributed by atoms with van der Waals surface area (Å²) < 4.78 is 7.68. The fraction of sp³-hybridized carbons (Fsp3) is 0.167. The smallest absolute Gasteiger partial charge is 0.315 e. The SMILES string of the molecule is CC(C)(C)n1ccc(NC(=O)C(=O)Nc2ccc(Oc3ccnc4ccccc34)cc2)n1. The number of anilines is 2. The van der Waals surface area contributed by atoms with E-state index in [-0.39, 0.29) is 5.54 Å². The first-order chi connectivity index (χ1) is 15.3. The standard InChI is InChI=1S/C24H23N5O3/c1-24(2,3)29-15-13-21(28-29)27-23(31)22(30)26-16-8-10-17(11-9-16)32-20-12-14-25-19-7-5-4-6-18(19)20/h4-15H,1-3H3,(H,26,30)(H,27,28,31). The highest BCUT2D eigenvalue weighted by molar-refractivity contribution is 6.43. The lowest BCUT2D eigenvalue weighted by Gasteiger charge is -2.18. The van der Waals surface area contributed by atoms with Gasteiger partial charge in [0.25, 0.3) is 0 Å². The van der Waals surface area contributed by atoms with Crippen molar-refractivity contribution in [3.63, 3.8) is 0 Å². The molecule has 4 aromatic rings. The Hall–Kier alpha value is -4.20. The third-order valence-corrected chi connectivity index (χ3v) is 4.67. The van der Waals surface area contributed by atoms with Crippen molar-refractivity contribution in [2.75, 3.05) is 10.6 Å². The number of fused-ring (bicyclic) bond motifs is 1. The van der Waals surface area contributed by atoms with E-state index >= 15 is 0 Å². The number of nitrogens with one attached hydrogen (secondary N) is 2. The molecular formula is C24H23N5O3. The first-order valence-electron chi connectivity index (χ1n) is 10.1. The number of pyridine rings is 1. The normalized spacial score (nSPS) is 11.2. The molecule has 2 aromatic carbocycles. The van der Waals surface area contributed by atoms with Crippen LogP contribution in [0.25, 0.3) is 10.9 Å². The van der Waals surface area contributed by atoms with Gasteiger partial charge in [0.05, 0.1) is 11.1 Å². The summed E-state index contributed by atoms with van der Waals surface area (Å²) in [7, 11) is 0. The van der Waals surface area contributed by atoms with Crippen molar-refractivity contribution in [3.05, 3.63) is 73.1 Å². The van der Waals surface area contributed by atoms with E-state index in [0.717, 1.165) is 10.9 Å². The minimum Gasteiger partial charge on any atom is -0.457 e. The van der Waals surface area contributed by atoms with Crippen LogP contribution in [0.2, 0.25) is 0 Å². The zero-order valence-corrected chi connectivity index (χ0v) is 18.0. The van der Waals surface area contributed by atoms with Gasteiger partial charge in [0, 0.05) is 29.5 Å². The minimum atomic E-state index is -0.798. The number of carbonyl (C=O) groups excluding carboxylic acids is 2. The molecule has 0 aliphatic rings. The van der Waals surface area contributed by atoms with Crippen molar-refractivity contribution < 1.29 is 14.3 Å². The van der Waals surface area contributed by atoms with Crippen LogP contribution >= 0.6 is 0 Å². The van der Waals surface area contributed by atoms with Gasteiger partial charge < -0.3 is 15.4 Å². The summed E-state index contributed by atoms with van der Waals surface area (Å²) in [5.74, 6) is 0.00299. The molecule has 0 spiro atoms. The van der Waals surface area contributed by atoms with Crippen molar-refractivity contribution in [1.82, 2.24) is 14.8 Å². The second-order valence-corrected chi connectivity index (χ2v) is 8.18. The van der Waals surface area contributed by atoms with Gasteiger partial charge in [0.1, 0.15) is 11.5 Å². The van der Waals surface area contributed by atoms with E-state index in [1.807, 2.05) is 45.0 Å². The van der Waals surface area contributed by atoms with Gasteiger partial charge in [-0.25, -0.2) is 0 Å². The molecule has 4 rings (SSSR count). The number of rotatable bonds is 4. The molecule has 32 heavy (non-hydrogen) atoms. The van der Waals surface area contributed by atoms with Gasteiger partial charge in [-0.05, 0) is 63.2 Å². The number of ether oxygens (including phenoxy) is 1. The number of carbonyl (C=O) groups is 2. The summed E-state index contributed by atoms with van der Waals surface area (Å²) in [5, 5.41) is 10.2. The monoisotopic (exact) mass is 429 g/mol. The van der Waals surface area contributed by atoms with Gasteiger partial charge in [-0.1, -0.05) is 12.1 Å². The van der Waals surface area contributed by atoms with Crippen LogP contribution in [-0.2, 0) is 15.1 Å². The molecule has 2 amide bonds. The van der Waals surface area contributed by atoms with Gasteiger partial charge >= 0.3 is 11.8 Å². The Kier molecular flexibility index (Phi) is 5.59. The molecule has 8 nitrogen and oxygen atoms in total. The topological polar surface area (TPSA) is 98.1 Å². The second-order valence-electron chi connectivity index (χ2n) is 8.18. The number of aromatic nitrogens is 3. The maximum absolute atomic E-state index is 12.2. The maximum atomic E-state index is 12.2. The molecule has 0 fully saturated rings. The molecule has 0 aliphatic carbocycles. The highest BCUT2D eigenvalue weighted by atomic mass is 16.5. The molecule has 162 valence electrons. The van der Waals surface area contributed by atoms with E-state index in [0.29, 0.717) is 23.0 Å². The lowest BCUT2D eigenvalue weighted by molar-refractivity contribution is -0.133. The molecule has 0 unspecified atom stereocenters. The molecular weight excluding hydrogens is 406 g/mol. The molecule has 2 N–H and O–H groups in total. The van der Waals surface area contributed by atoms with E-state index in [9.17, 15) is 9.59 Å². The maximum Gasteiger partial charge on any atom is 0.315 e. The predicted molar refractivity (Wildman–Crippen MR) is 123 cm³/mol. The highest BCUT2D eigenvalue weighted by Gasteiger charge is 2.18. The second kappa shape index (κ2) is 8.50. The highest BCUT2D eigenvalue weighted by Crippen LogP contribution is 2.29. The van der Waals surface area contributed by atoms with Crippen LogP contribution in [-0.4, -0.2) is 26.6 Å². The molecule has 0 saturated carbocycles. The summed E-state index contributed by atoms with van der Waals surface area (Å²) in [5.41, 5.74) is 1.09. The van der Waals surface area contributed by atoms with E-state index in [4.69, 9.17) is 4.74 Å². The number of hydrogen-bond donors (Lipinski definition) is 2. The molecule has 0 radical (unpaired) electrons. The fourth-order valence-corrected chi connectivity index (χ4v) is 3.02. The lowest BCUT2D eigenvalue weighted by atomic mass is 10.1. The molecule has 0 saturated heterocycles. The first-order valence-corrected chi connectivity index (χ1v) is 10.1. The number of para-hydroxylation sites is 1. The van der Waals surface area contributed by atoms with Crippen LogP contribution in [0.4, 0.5) is 11.5 Å². The Morgan fingerprint density at radius 1 is 0.906 bits per heavy atom. The van der Waals surface area contributed by atoms with Gasteiger partial charge in [0.2, 0.25) is 0 Å². The zero-order valence-electron chi connectivity index (χ0n) is 18.0. The number of nitrogens with zero attached hydrogens (tertiary/aromatic N) is 3. The first kappa shape index (κ1) is 21.0. The van der Waals surface area contributed by atoms with Crippen molar-refractivity contribution in [2.24, 2.45) is 0 Å². The number of hydrogen-bond acceptors (Lipinski definition) is 5. The quantitative estimate of drug-likeness (QED) is 0.464. The Morgan fingerprint density at radius 3 is 2.34 bits per heavy atom. The van der Waals surface area contributed by atoms with Crippen LogP contribution < -0.4 is 15.4 Å². The molecule has 0 bridgehead atoms. The van der Waals surface area contributed by atoms with Crippen LogP contribution in [0, 0.1) is 0 Å². The van der Waals surface area contributed by atoms with Crippen molar-refractivity contribution in [3.8, 4) is 11.5 Å². The largest absolute Gasteiger partial charge is 0.457 e. The van der Waals surface area contributed by atoms with Gasteiger partial charge in [-0.15, -0.1) is 0 Å². The Bertz CT molecular complexity index is 1270. The van der Waals surface area contributed by atoms with Crippen LogP contribution in [0.5, 0.6) is 11.5 Å². The average molecular weight is 429 g/mol. The van der Waals surface area contributed by atoms with Crippen LogP contribution in [0.1, 0.15) is 20.8 Å². The van der Waals surface area contributed by atoms with Gasteiger partial charge in [0.15, 0.2) is 5.82 Å². The van der Waals surface area contributed by atoms with Crippen LogP contribution in [0.3, 0.4) is 0 Å². The summed E-state index contributed by atoms with van der Waals surface area (Å²) >= 11 is 0. The summed E-state index contributed by atoms with van der Waals surface area (Å²) in [6.45, 7) is 5.97. The fourth-order valence-electron chi connectivity index (χ4n) is 3.02. The molecule has 0 atom stereocenters. The average Bonchev–Trinajstić information content (AvgIpc) is 3.24. The van der Waals surface area contributed by atoms with E-state index in [1.54, 1.807) is 53.5 Å². The molecule has 8 heteroatoms. The summed E-state index contributed by atoms with van der Waals surface area (Å²) in [6, 6.07) is 17.9. The summed E-state index contributed by atoms with van der Waals surface area (Å²) in [6.07, 6.45) is 3.44. The van der Waals surface area contributed by atoms with E-state index < -0.39 is 11.8 Å². The minimum absolute atomic E-state index is 0.225. The van der Waals surface area contributed by atoms with E-state index in [2.05, 4.69) is 20.7 Å². The third-order valence-electron chi connectivity index (χ3n) is 4.67. The lowest BCUT2D eigenvalue weighted by Crippen LogP contribution is -2.29. The van der Waals surface area contributed by atoms with Crippen molar-refractivity contribution in [1.29, 1.82) is 0 Å². The third kappa shape index (κ3) is 4.75. The number of benzene rings is 2. The molecule has 2 aromatic heterocycles. The van der Waals surface area contributed by atoms with Crippen LogP contribution in [0.15, 0.2) is 73.1 Å². The van der Waals surface area contributed by atoms with Crippen molar-refractivity contribution in [2.45, 2.75) is 26.3 Å². The van der Waals surface area contributed by atoms with E-state index in [1.165, 1.54) is 0 Å². The van der Waals surface area contributed by atoms with Gasteiger partial charge in [-0.2, -0.15) is 5.10 Å². The Balaban J connectivity index is 1.38. The zero-order chi connectivity index (χ0) is 22.7. The molecule has 2 heterocycles. The van der Waals surface area contributed by atoms with Crippen molar-refractivity contribution >= 4 is 34.2 Å². The summed E-state index contributed by atoms with van der Waals surface area (Å²) in [4.78, 5) is 28.8. The Labute approximate surface area is 185 Å². The predicted octanol–water partition coefficient (Wildman–Crippen LogP) is 4.56. The van der Waals surface area contributed by atoms with Gasteiger partial charge in [-0.3, -0.25) is 19.3 Å². The number of amides is 2. The molecule has 0 aliphatic heterocycles.